The van der Waals surface area contributed by atoms with Crippen LogP contribution in [0.5, 0.6) is 11.5 Å². The third-order valence-electron chi connectivity index (χ3n) is 5.15. The number of methoxy groups -OCH3 is 1. The molecule has 4 rings (SSSR count). The van der Waals surface area contributed by atoms with Crippen molar-refractivity contribution in [2.45, 2.75) is 13.5 Å². The van der Waals surface area contributed by atoms with Gasteiger partial charge in [-0.1, -0.05) is 71.5 Å². The zero-order valence-electron chi connectivity index (χ0n) is 18.4. The van der Waals surface area contributed by atoms with Gasteiger partial charge in [0.25, 0.3) is 5.91 Å². The van der Waals surface area contributed by atoms with Crippen molar-refractivity contribution in [1.82, 2.24) is 0 Å². The molecule has 1 saturated heterocycles. The van der Waals surface area contributed by atoms with Gasteiger partial charge >= 0.3 is 0 Å². The Hall–Kier alpha value is -3.31. The average molecular weight is 507 g/mol. The van der Waals surface area contributed by atoms with Crippen LogP contribution in [0.1, 0.15) is 22.3 Å². The van der Waals surface area contributed by atoms with Gasteiger partial charge in [0, 0.05) is 5.56 Å². The molecule has 0 aromatic heterocycles. The normalized spacial score (nSPS) is 14.4. The van der Waals surface area contributed by atoms with E-state index in [1.165, 1.54) is 23.8 Å². The van der Waals surface area contributed by atoms with Gasteiger partial charge in [0.2, 0.25) is 0 Å². The highest BCUT2D eigenvalue weighted by molar-refractivity contribution is 8.27. The SMILES string of the molecule is COc1cc(/C=C2/SC(=S)N(c3ccc(C)cc3)C2=O)cc(Cl)c1OCc1ccccc1C#N. The molecule has 1 amide bonds. The van der Waals surface area contributed by atoms with E-state index in [0.717, 1.165) is 16.8 Å². The summed E-state index contributed by atoms with van der Waals surface area (Å²) in [6.07, 6.45) is 1.73. The number of carbonyl (C=O) groups excluding carboxylic acids is 1. The molecule has 0 unspecified atom stereocenters. The predicted octanol–water partition coefficient (Wildman–Crippen LogP) is 6.51. The summed E-state index contributed by atoms with van der Waals surface area (Å²) in [7, 11) is 1.52. The van der Waals surface area contributed by atoms with E-state index in [1.807, 2.05) is 43.3 Å². The summed E-state index contributed by atoms with van der Waals surface area (Å²) in [5.74, 6) is 0.589. The average Bonchev–Trinajstić information content (AvgIpc) is 3.11. The number of aryl methyl sites for hydroxylation is 1. The van der Waals surface area contributed by atoms with Crippen molar-refractivity contribution in [2.24, 2.45) is 0 Å². The smallest absolute Gasteiger partial charge is 0.270 e. The fourth-order valence-electron chi connectivity index (χ4n) is 3.40. The highest BCUT2D eigenvalue weighted by atomic mass is 35.5. The number of nitrogens with zero attached hydrogens (tertiary/aromatic N) is 2. The number of halogens is 1. The number of thiocarbonyl (C=S) groups is 1. The largest absolute Gasteiger partial charge is 0.493 e. The maximum absolute atomic E-state index is 13.1. The molecule has 8 heteroatoms. The minimum absolute atomic E-state index is 0.161. The van der Waals surface area contributed by atoms with E-state index in [9.17, 15) is 10.1 Å². The Labute approximate surface area is 212 Å². The van der Waals surface area contributed by atoms with E-state index >= 15 is 0 Å². The monoisotopic (exact) mass is 506 g/mol. The van der Waals surface area contributed by atoms with Crippen molar-refractivity contribution in [3.63, 3.8) is 0 Å². The van der Waals surface area contributed by atoms with E-state index in [-0.39, 0.29) is 12.5 Å². The summed E-state index contributed by atoms with van der Waals surface area (Å²) in [6, 6.07) is 20.4. The molecular weight excluding hydrogens is 488 g/mol. The lowest BCUT2D eigenvalue weighted by molar-refractivity contribution is -0.113. The first-order valence-corrected chi connectivity index (χ1v) is 11.8. The molecule has 34 heavy (non-hydrogen) atoms. The van der Waals surface area contributed by atoms with Crippen LogP contribution in [-0.4, -0.2) is 17.3 Å². The van der Waals surface area contributed by atoms with Gasteiger partial charge in [0.15, 0.2) is 15.8 Å². The summed E-state index contributed by atoms with van der Waals surface area (Å²) < 4.78 is 11.9. The van der Waals surface area contributed by atoms with Crippen LogP contribution < -0.4 is 14.4 Å². The molecule has 0 radical (unpaired) electrons. The van der Waals surface area contributed by atoms with Gasteiger partial charge in [0.05, 0.1) is 34.4 Å². The fraction of sp³-hybridized carbons (Fsp3) is 0.115. The minimum atomic E-state index is -0.192. The fourth-order valence-corrected chi connectivity index (χ4v) is 4.98. The van der Waals surface area contributed by atoms with Crippen LogP contribution in [-0.2, 0) is 11.4 Å². The Morgan fingerprint density at radius 1 is 1.18 bits per heavy atom. The number of rotatable bonds is 6. The molecule has 0 bridgehead atoms. The number of anilines is 1. The molecule has 0 atom stereocenters. The number of carbonyl (C=O) groups is 1. The van der Waals surface area contributed by atoms with Crippen molar-refractivity contribution in [3.05, 3.63) is 92.8 Å². The third-order valence-corrected chi connectivity index (χ3v) is 6.73. The first-order valence-electron chi connectivity index (χ1n) is 10.2. The van der Waals surface area contributed by atoms with E-state index in [0.29, 0.717) is 36.9 Å². The zero-order chi connectivity index (χ0) is 24.2. The van der Waals surface area contributed by atoms with Crippen molar-refractivity contribution >= 4 is 57.6 Å². The highest BCUT2D eigenvalue weighted by Gasteiger charge is 2.33. The van der Waals surface area contributed by atoms with E-state index in [1.54, 1.807) is 30.3 Å². The Morgan fingerprint density at radius 2 is 1.91 bits per heavy atom. The van der Waals surface area contributed by atoms with Gasteiger partial charge in [-0.25, -0.2) is 0 Å². The summed E-state index contributed by atoms with van der Waals surface area (Å²) in [4.78, 5) is 15.1. The molecular formula is C26H19ClN2O3S2. The first-order chi connectivity index (χ1) is 16.4. The summed E-state index contributed by atoms with van der Waals surface area (Å²) >= 11 is 13.2. The van der Waals surface area contributed by atoms with Crippen LogP contribution in [0, 0.1) is 18.3 Å². The number of nitriles is 1. The number of hydrogen-bond donors (Lipinski definition) is 0. The molecule has 170 valence electrons. The lowest BCUT2D eigenvalue weighted by Gasteiger charge is -2.15. The molecule has 1 aliphatic heterocycles. The predicted molar refractivity (Wildman–Crippen MR) is 140 cm³/mol. The van der Waals surface area contributed by atoms with Crippen molar-refractivity contribution in [2.75, 3.05) is 12.0 Å². The number of thioether (sulfide) groups is 1. The zero-order valence-corrected chi connectivity index (χ0v) is 20.8. The lowest BCUT2D eigenvalue weighted by atomic mass is 10.1. The van der Waals surface area contributed by atoms with Crippen molar-refractivity contribution in [1.29, 1.82) is 5.26 Å². The Morgan fingerprint density at radius 3 is 2.62 bits per heavy atom. The van der Waals surface area contributed by atoms with E-state index < -0.39 is 0 Å². The molecule has 3 aromatic carbocycles. The molecule has 3 aromatic rings. The molecule has 0 N–H and O–H groups in total. The standard InChI is InChI=1S/C26H19ClN2O3S2/c1-16-7-9-20(10-8-16)29-25(30)23(34-26(29)33)13-17-11-21(27)24(22(12-17)31-2)32-15-19-6-4-3-5-18(19)14-28/h3-13H,15H2,1-2H3/b23-13+. The second-order valence-corrected chi connectivity index (χ2v) is 9.53. The van der Waals surface area contributed by atoms with Crippen molar-refractivity contribution < 1.29 is 14.3 Å². The van der Waals surface area contributed by atoms with Crippen LogP contribution in [0.15, 0.2) is 65.6 Å². The summed E-state index contributed by atoms with van der Waals surface area (Å²) in [5, 5.41) is 9.61. The lowest BCUT2D eigenvalue weighted by Crippen LogP contribution is -2.27. The summed E-state index contributed by atoms with van der Waals surface area (Å²) in [6.45, 7) is 2.15. The number of benzene rings is 3. The topological polar surface area (TPSA) is 62.6 Å². The number of hydrogen-bond acceptors (Lipinski definition) is 6. The van der Waals surface area contributed by atoms with Gasteiger partial charge in [-0.05, 0) is 48.9 Å². The maximum Gasteiger partial charge on any atom is 0.270 e. The van der Waals surface area contributed by atoms with Gasteiger partial charge in [-0.2, -0.15) is 5.26 Å². The second-order valence-electron chi connectivity index (χ2n) is 7.44. The molecule has 1 heterocycles. The van der Waals surface area contributed by atoms with Gasteiger partial charge in [-0.15, -0.1) is 0 Å². The molecule has 0 saturated carbocycles. The van der Waals surface area contributed by atoms with E-state index in [4.69, 9.17) is 33.3 Å². The Balaban J connectivity index is 1.59. The Kier molecular flexibility index (Phi) is 7.23. The summed E-state index contributed by atoms with van der Waals surface area (Å²) in [5.41, 5.74) is 3.78. The minimum Gasteiger partial charge on any atom is -0.493 e. The van der Waals surface area contributed by atoms with Crippen LogP contribution in [0.3, 0.4) is 0 Å². The van der Waals surface area contributed by atoms with Crippen molar-refractivity contribution in [3.8, 4) is 17.6 Å². The van der Waals surface area contributed by atoms with Crippen LogP contribution in [0.4, 0.5) is 5.69 Å². The molecule has 5 nitrogen and oxygen atoms in total. The molecule has 1 aliphatic rings. The van der Waals surface area contributed by atoms with Gasteiger partial charge < -0.3 is 9.47 Å². The Bertz CT molecular complexity index is 1350. The van der Waals surface area contributed by atoms with Gasteiger partial charge in [-0.3, -0.25) is 9.69 Å². The number of ether oxygens (including phenoxy) is 2. The maximum atomic E-state index is 13.1. The molecule has 1 fully saturated rings. The van der Waals surface area contributed by atoms with Gasteiger partial charge in [0.1, 0.15) is 6.61 Å². The highest BCUT2D eigenvalue weighted by Crippen LogP contribution is 2.40. The third kappa shape index (κ3) is 4.95. The number of amides is 1. The first kappa shape index (κ1) is 23.8. The van der Waals surface area contributed by atoms with E-state index in [2.05, 4.69) is 6.07 Å². The molecule has 0 aliphatic carbocycles. The van der Waals surface area contributed by atoms with Crippen LogP contribution in [0.2, 0.25) is 5.02 Å². The van der Waals surface area contributed by atoms with Crippen LogP contribution in [0.25, 0.3) is 6.08 Å². The second kappa shape index (κ2) is 10.3. The quantitative estimate of drug-likeness (QED) is 0.280. The van der Waals surface area contributed by atoms with Crippen LogP contribution >= 0.6 is 35.6 Å². The molecule has 0 spiro atoms.